The lowest BCUT2D eigenvalue weighted by molar-refractivity contribution is 0.124. The van der Waals surface area contributed by atoms with Crippen molar-refractivity contribution in [2.75, 3.05) is 6.61 Å². The third kappa shape index (κ3) is 4.72. The van der Waals surface area contributed by atoms with Crippen molar-refractivity contribution in [3.05, 3.63) is 28.8 Å². The number of aliphatic hydroxyl groups is 1. The van der Waals surface area contributed by atoms with E-state index in [-0.39, 0.29) is 12.0 Å². The molecule has 3 N–H and O–H groups in total. The molecule has 0 bridgehead atoms. The zero-order valence-electron chi connectivity index (χ0n) is 14.1. The molecule has 0 amide bonds. The number of benzene rings is 1. The van der Waals surface area contributed by atoms with E-state index in [1.807, 2.05) is 13.0 Å². The first-order chi connectivity index (χ1) is 9.92. The summed E-state index contributed by atoms with van der Waals surface area (Å²) in [6, 6.07) is 4.04. The van der Waals surface area contributed by atoms with E-state index in [4.69, 9.17) is 10.5 Å². The van der Waals surface area contributed by atoms with Crippen molar-refractivity contribution in [1.29, 1.82) is 0 Å². The molecule has 0 aliphatic heterocycles. The fourth-order valence-corrected chi connectivity index (χ4v) is 2.85. The summed E-state index contributed by atoms with van der Waals surface area (Å²) >= 11 is 0. The largest absolute Gasteiger partial charge is 0.494 e. The fraction of sp³-hybridized carbons (Fsp3) is 0.667. The van der Waals surface area contributed by atoms with Crippen LogP contribution in [0.3, 0.4) is 0 Å². The highest BCUT2D eigenvalue weighted by molar-refractivity contribution is 5.44. The Morgan fingerprint density at radius 3 is 2.43 bits per heavy atom. The molecule has 0 saturated heterocycles. The molecule has 0 fully saturated rings. The monoisotopic (exact) mass is 293 g/mol. The summed E-state index contributed by atoms with van der Waals surface area (Å²) in [6.07, 6.45) is 2.14. The van der Waals surface area contributed by atoms with Crippen LogP contribution in [-0.2, 0) is 0 Å². The number of hydrogen-bond donors (Lipinski definition) is 2. The predicted molar refractivity (Wildman–Crippen MR) is 89.0 cm³/mol. The maximum absolute atomic E-state index is 10.2. The van der Waals surface area contributed by atoms with Crippen LogP contribution in [0.1, 0.15) is 62.6 Å². The van der Waals surface area contributed by atoms with Crippen molar-refractivity contribution in [2.24, 2.45) is 5.73 Å². The Balaban J connectivity index is 2.83. The lowest BCUT2D eigenvalue weighted by atomic mass is 9.87. The zero-order chi connectivity index (χ0) is 16.0. The fourth-order valence-electron chi connectivity index (χ4n) is 2.85. The molecular formula is C18H31NO2. The molecule has 1 aromatic rings. The van der Waals surface area contributed by atoms with Gasteiger partial charge < -0.3 is 15.6 Å². The maximum Gasteiger partial charge on any atom is 0.122 e. The summed E-state index contributed by atoms with van der Waals surface area (Å²) in [4.78, 5) is 0. The zero-order valence-corrected chi connectivity index (χ0v) is 14.1. The number of ether oxygens (including phenoxy) is 1. The average Bonchev–Trinajstić information content (AvgIpc) is 2.44. The van der Waals surface area contributed by atoms with Crippen molar-refractivity contribution < 1.29 is 9.84 Å². The van der Waals surface area contributed by atoms with E-state index in [0.717, 1.165) is 18.6 Å². The van der Waals surface area contributed by atoms with E-state index < -0.39 is 6.10 Å². The molecule has 0 aliphatic carbocycles. The Morgan fingerprint density at radius 2 is 1.86 bits per heavy atom. The first-order valence-electron chi connectivity index (χ1n) is 8.08. The molecule has 0 saturated carbocycles. The number of rotatable bonds is 8. The van der Waals surface area contributed by atoms with Crippen LogP contribution >= 0.6 is 0 Å². The molecule has 1 aromatic carbocycles. The Bertz CT molecular complexity index is 445. The minimum absolute atomic E-state index is 0.124. The SMILES string of the molecule is CCCC(N)C(O)CC(C)c1ccc(OCC)c(C)c1C. The molecule has 0 spiro atoms. The summed E-state index contributed by atoms with van der Waals surface area (Å²) in [7, 11) is 0. The van der Waals surface area contributed by atoms with Crippen LogP contribution in [0.25, 0.3) is 0 Å². The second-order valence-corrected chi connectivity index (χ2v) is 5.99. The van der Waals surface area contributed by atoms with Gasteiger partial charge in [-0.05, 0) is 62.3 Å². The van der Waals surface area contributed by atoms with Crippen molar-refractivity contribution in [2.45, 2.75) is 71.9 Å². The van der Waals surface area contributed by atoms with Crippen LogP contribution in [0.4, 0.5) is 0 Å². The number of hydrogen-bond acceptors (Lipinski definition) is 3. The van der Waals surface area contributed by atoms with Gasteiger partial charge in [0.15, 0.2) is 0 Å². The minimum atomic E-state index is -0.439. The van der Waals surface area contributed by atoms with Gasteiger partial charge in [-0.3, -0.25) is 0 Å². The molecule has 120 valence electrons. The smallest absolute Gasteiger partial charge is 0.122 e. The van der Waals surface area contributed by atoms with E-state index in [0.29, 0.717) is 13.0 Å². The molecule has 3 unspecified atom stereocenters. The molecule has 0 aromatic heterocycles. The topological polar surface area (TPSA) is 55.5 Å². The molecule has 21 heavy (non-hydrogen) atoms. The van der Waals surface area contributed by atoms with Crippen LogP contribution in [0.15, 0.2) is 12.1 Å². The van der Waals surface area contributed by atoms with Crippen molar-refractivity contribution in [3.63, 3.8) is 0 Å². The maximum atomic E-state index is 10.2. The van der Waals surface area contributed by atoms with Gasteiger partial charge in [0, 0.05) is 6.04 Å². The molecule has 0 radical (unpaired) electrons. The first-order valence-corrected chi connectivity index (χ1v) is 8.08. The van der Waals surface area contributed by atoms with Gasteiger partial charge >= 0.3 is 0 Å². The lowest BCUT2D eigenvalue weighted by Gasteiger charge is -2.24. The van der Waals surface area contributed by atoms with Gasteiger partial charge in [0.1, 0.15) is 5.75 Å². The van der Waals surface area contributed by atoms with Crippen LogP contribution in [0.2, 0.25) is 0 Å². The van der Waals surface area contributed by atoms with E-state index in [2.05, 4.69) is 33.8 Å². The highest BCUT2D eigenvalue weighted by Crippen LogP contribution is 2.31. The summed E-state index contributed by atoms with van der Waals surface area (Å²) in [5, 5.41) is 10.2. The van der Waals surface area contributed by atoms with Gasteiger partial charge in [0.05, 0.1) is 12.7 Å². The third-order valence-electron chi connectivity index (χ3n) is 4.32. The Morgan fingerprint density at radius 1 is 1.19 bits per heavy atom. The second kappa shape index (κ2) is 8.40. The summed E-state index contributed by atoms with van der Waals surface area (Å²) in [6.45, 7) is 11.1. The van der Waals surface area contributed by atoms with Gasteiger partial charge in [-0.2, -0.15) is 0 Å². The average molecular weight is 293 g/mol. The highest BCUT2D eigenvalue weighted by atomic mass is 16.5. The van der Waals surface area contributed by atoms with Crippen LogP contribution in [0, 0.1) is 13.8 Å². The summed E-state index contributed by atoms with van der Waals surface area (Å²) in [5.74, 6) is 1.24. The number of aliphatic hydroxyl groups excluding tert-OH is 1. The molecule has 3 nitrogen and oxygen atoms in total. The standard InChI is InChI=1S/C18H31NO2/c1-6-8-16(19)17(20)11-12(3)15-9-10-18(21-7-2)14(5)13(15)4/h9-10,12,16-17,20H,6-8,11,19H2,1-5H3. The van der Waals surface area contributed by atoms with Gasteiger partial charge in [-0.15, -0.1) is 0 Å². The molecule has 1 rings (SSSR count). The second-order valence-electron chi connectivity index (χ2n) is 5.99. The predicted octanol–water partition coefficient (Wildman–Crippen LogP) is 3.68. The molecule has 0 heterocycles. The Hall–Kier alpha value is -1.06. The first kappa shape index (κ1) is 18.0. The third-order valence-corrected chi connectivity index (χ3v) is 4.32. The Kier molecular flexibility index (Phi) is 7.20. The quantitative estimate of drug-likeness (QED) is 0.768. The van der Waals surface area contributed by atoms with Crippen LogP contribution in [0.5, 0.6) is 5.75 Å². The van der Waals surface area contributed by atoms with E-state index in [1.165, 1.54) is 16.7 Å². The van der Waals surface area contributed by atoms with Crippen LogP contribution in [-0.4, -0.2) is 23.9 Å². The van der Waals surface area contributed by atoms with E-state index in [9.17, 15) is 5.11 Å². The van der Waals surface area contributed by atoms with Crippen LogP contribution < -0.4 is 10.5 Å². The minimum Gasteiger partial charge on any atom is -0.494 e. The Labute approximate surface area is 129 Å². The van der Waals surface area contributed by atoms with Crippen molar-refractivity contribution in [1.82, 2.24) is 0 Å². The normalized spacial score (nSPS) is 15.6. The summed E-state index contributed by atoms with van der Waals surface area (Å²) < 4.78 is 5.63. The van der Waals surface area contributed by atoms with Crippen molar-refractivity contribution in [3.8, 4) is 5.75 Å². The van der Waals surface area contributed by atoms with Gasteiger partial charge in [-0.25, -0.2) is 0 Å². The number of nitrogens with two attached hydrogens (primary N) is 1. The van der Waals surface area contributed by atoms with Gasteiger partial charge in [0.2, 0.25) is 0 Å². The molecule has 0 aliphatic rings. The molecule has 3 heteroatoms. The van der Waals surface area contributed by atoms with Crippen molar-refractivity contribution >= 4 is 0 Å². The van der Waals surface area contributed by atoms with E-state index >= 15 is 0 Å². The molecule has 3 atom stereocenters. The van der Waals surface area contributed by atoms with E-state index in [1.54, 1.807) is 0 Å². The lowest BCUT2D eigenvalue weighted by Crippen LogP contribution is -2.35. The highest BCUT2D eigenvalue weighted by Gasteiger charge is 2.20. The molecular weight excluding hydrogens is 262 g/mol. The summed E-state index contributed by atoms with van der Waals surface area (Å²) in [5.41, 5.74) is 9.74. The van der Waals surface area contributed by atoms with Gasteiger partial charge in [0.25, 0.3) is 0 Å². The van der Waals surface area contributed by atoms with Gasteiger partial charge in [-0.1, -0.05) is 26.3 Å².